The molecule has 2 atom stereocenters. The Morgan fingerprint density at radius 2 is 2.12 bits per heavy atom. The van der Waals surface area contributed by atoms with E-state index < -0.39 is 6.10 Å². The summed E-state index contributed by atoms with van der Waals surface area (Å²) in [5.74, 6) is 2.58. The van der Waals surface area contributed by atoms with E-state index >= 15 is 0 Å². The van der Waals surface area contributed by atoms with Gasteiger partial charge in [0.05, 0.1) is 0 Å². The summed E-state index contributed by atoms with van der Waals surface area (Å²) in [6.45, 7) is 3.30. The first kappa shape index (κ1) is 15.0. The van der Waals surface area contributed by atoms with Crippen molar-refractivity contribution < 1.29 is 18.8 Å². The SMILES string of the molecule is Cc1nc([C@@H]2CCCN(C(=O)[C@@H]3COc4ccccc4O3)C2)no1. The van der Waals surface area contributed by atoms with Gasteiger partial charge in [-0.2, -0.15) is 4.98 Å². The molecule has 0 unspecified atom stereocenters. The molecule has 0 aliphatic carbocycles. The summed E-state index contributed by atoms with van der Waals surface area (Å²) < 4.78 is 16.5. The van der Waals surface area contributed by atoms with Crippen LogP contribution in [0.15, 0.2) is 28.8 Å². The van der Waals surface area contributed by atoms with E-state index in [1.807, 2.05) is 29.2 Å². The molecule has 2 aliphatic heterocycles. The molecule has 24 heavy (non-hydrogen) atoms. The predicted molar refractivity (Wildman–Crippen MR) is 83.9 cm³/mol. The number of ether oxygens (including phenoxy) is 2. The topological polar surface area (TPSA) is 77.7 Å². The van der Waals surface area contributed by atoms with Crippen LogP contribution in [0.25, 0.3) is 0 Å². The van der Waals surface area contributed by atoms with Gasteiger partial charge in [-0.3, -0.25) is 4.79 Å². The van der Waals surface area contributed by atoms with Gasteiger partial charge in [0.15, 0.2) is 17.3 Å². The summed E-state index contributed by atoms with van der Waals surface area (Å²) in [5.41, 5.74) is 0. The number of fused-ring (bicyclic) bond motifs is 1. The summed E-state index contributed by atoms with van der Waals surface area (Å²) in [4.78, 5) is 18.9. The van der Waals surface area contributed by atoms with Crippen molar-refractivity contribution >= 4 is 5.91 Å². The number of benzene rings is 1. The molecular formula is C17H19N3O4. The van der Waals surface area contributed by atoms with Crippen LogP contribution < -0.4 is 9.47 Å². The van der Waals surface area contributed by atoms with Gasteiger partial charge in [0.1, 0.15) is 6.61 Å². The van der Waals surface area contributed by atoms with Crippen LogP contribution in [0, 0.1) is 6.92 Å². The number of aryl methyl sites for hydroxylation is 1. The van der Waals surface area contributed by atoms with Crippen molar-refractivity contribution in [3.63, 3.8) is 0 Å². The van der Waals surface area contributed by atoms with Gasteiger partial charge in [-0.15, -0.1) is 0 Å². The fraction of sp³-hybridized carbons (Fsp3) is 0.471. The molecule has 1 aromatic carbocycles. The summed E-state index contributed by atoms with van der Waals surface area (Å²) in [6.07, 6.45) is 1.26. The molecule has 0 bridgehead atoms. The summed E-state index contributed by atoms with van der Waals surface area (Å²) in [5, 5.41) is 4.00. The van der Waals surface area contributed by atoms with Gasteiger partial charge in [0.2, 0.25) is 12.0 Å². The summed E-state index contributed by atoms with van der Waals surface area (Å²) in [6, 6.07) is 7.40. The third-order valence-electron chi connectivity index (χ3n) is 4.43. The molecule has 126 valence electrons. The van der Waals surface area contributed by atoms with E-state index in [1.54, 1.807) is 6.92 Å². The lowest BCUT2D eigenvalue weighted by molar-refractivity contribution is -0.142. The number of nitrogens with zero attached hydrogens (tertiary/aromatic N) is 3. The van der Waals surface area contributed by atoms with E-state index in [0.29, 0.717) is 36.3 Å². The van der Waals surface area contributed by atoms with Gasteiger partial charge in [-0.25, -0.2) is 0 Å². The molecule has 0 saturated carbocycles. The van der Waals surface area contributed by atoms with Gasteiger partial charge in [-0.1, -0.05) is 17.3 Å². The largest absolute Gasteiger partial charge is 0.485 e. The van der Waals surface area contributed by atoms with Crippen LogP contribution in [0.1, 0.15) is 30.5 Å². The number of carbonyl (C=O) groups is 1. The van der Waals surface area contributed by atoms with E-state index in [0.717, 1.165) is 12.8 Å². The first-order chi connectivity index (χ1) is 11.7. The lowest BCUT2D eigenvalue weighted by Gasteiger charge is -2.35. The molecule has 0 N–H and O–H groups in total. The molecule has 0 spiro atoms. The Labute approximate surface area is 139 Å². The van der Waals surface area contributed by atoms with E-state index in [4.69, 9.17) is 14.0 Å². The molecule has 4 rings (SSSR count). The molecule has 0 radical (unpaired) electrons. The highest BCUT2D eigenvalue weighted by atomic mass is 16.6. The quantitative estimate of drug-likeness (QED) is 0.838. The number of likely N-dealkylation sites (tertiary alicyclic amines) is 1. The van der Waals surface area contributed by atoms with Crippen LogP contribution in [0.2, 0.25) is 0 Å². The molecule has 1 saturated heterocycles. The van der Waals surface area contributed by atoms with Gasteiger partial charge >= 0.3 is 0 Å². The second kappa shape index (κ2) is 6.14. The Morgan fingerprint density at radius 1 is 1.29 bits per heavy atom. The molecule has 1 amide bonds. The van der Waals surface area contributed by atoms with Crippen molar-refractivity contribution in [2.24, 2.45) is 0 Å². The normalized spacial score (nSPS) is 23.1. The first-order valence-corrected chi connectivity index (χ1v) is 8.18. The third kappa shape index (κ3) is 2.81. The number of amides is 1. The highest BCUT2D eigenvalue weighted by Crippen LogP contribution is 2.32. The van der Waals surface area contributed by atoms with Gasteiger partial charge in [0.25, 0.3) is 5.91 Å². The number of aromatic nitrogens is 2. The zero-order valence-corrected chi connectivity index (χ0v) is 13.5. The maximum absolute atomic E-state index is 12.8. The highest BCUT2D eigenvalue weighted by Gasteiger charge is 2.34. The lowest BCUT2D eigenvalue weighted by atomic mass is 9.97. The fourth-order valence-electron chi connectivity index (χ4n) is 3.21. The number of rotatable bonds is 2. The number of carbonyl (C=O) groups excluding carboxylic acids is 1. The highest BCUT2D eigenvalue weighted by molar-refractivity contribution is 5.82. The average Bonchev–Trinajstić information content (AvgIpc) is 3.07. The third-order valence-corrected chi connectivity index (χ3v) is 4.43. The van der Waals surface area contributed by atoms with Crippen molar-refractivity contribution in [1.29, 1.82) is 0 Å². The molecule has 7 heteroatoms. The van der Waals surface area contributed by atoms with Crippen molar-refractivity contribution in [1.82, 2.24) is 15.0 Å². The number of para-hydroxylation sites is 2. The molecular weight excluding hydrogens is 310 g/mol. The Balaban J connectivity index is 1.45. The summed E-state index contributed by atoms with van der Waals surface area (Å²) >= 11 is 0. The maximum atomic E-state index is 12.8. The zero-order valence-electron chi connectivity index (χ0n) is 13.5. The molecule has 2 aromatic rings. The predicted octanol–water partition coefficient (Wildman–Crippen LogP) is 1.92. The van der Waals surface area contributed by atoms with Crippen molar-refractivity contribution in [2.75, 3.05) is 19.7 Å². The lowest BCUT2D eigenvalue weighted by Crippen LogP contribution is -2.49. The molecule has 3 heterocycles. The van der Waals surface area contributed by atoms with Gasteiger partial charge < -0.3 is 18.9 Å². The number of hydrogen-bond donors (Lipinski definition) is 0. The van der Waals surface area contributed by atoms with E-state index in [1.165, 1.54) is 0 Å². The number of piperidine rings is 1. The Hall–Kier alpha value is -2.57. The van der Waals surface area contributed by atoms with Crippen molar-refractivity contribution in [2.45, 2.75) is 31.8 Å². The van der Waals surface area contributed by atoms with Crippen LogP contribution in [0.3, 0.4) is 0 Å². The second-order valence-corrected chi connectivity index (χ2v) is 6.16. The van der Waals surface area contributed by atoms with E-state index in [2.05, 4.69) is 10.1 Å². The van der Waals surface area contributed by atoms with Crippen LogP contribution in [-0.2, 0) is 4.79 Å². The zero-order chi connectivity index (χ0) is 16.5. The van der Waals surface area contributed by atoms with Crippen LogP contribution in [0.5, 0.6) is 11.5 Å². The average molecular weight is 329 g/mol. The second-order valence-electron chi connectivity index (χ2n) is 6.16. The molecule has 1 fully saturated rings. The van der Waals surface area contributed by atoms with Crippen LogP contribution >= 0.6 is 0 Å². The van der Waals surface area contributed by atoms with Gasteiger partial charge in [-0.05, 0) is 25.0 Å². The van der Waals surface area contributed by atoms with Gasteiger partial charge in [0, 0.05) is 25.9 Å². The minimum Gasteiger partial charge on any atom is -0.485 e. The summed E-state index contributed by atoms with van der Waals surface area (Å²) in [7, 11) is 0. The first-order valence-electron chi connectivity index (χ1n) is 8.18. The van der Waals surface area contributed by atoms with Crippen LogP contribution in [-0.4, -0.2) is 46.7 Å². The molecule has 1 aromatic heterocycles. The monoisotopic (exact) mass is 329 g/mol. The van der Waals surface area contributed by atoms with Crippen molar-refractivity contribution in [3.8, 4) is 11.5 Å². The van der Waals surface area contributed by atoms with E-state index in [9.17, 15) is 4.79 Å². The smallest absolute Gasteiger partial charge is 0.267 e. The molecule has 2 aliphatic rings. The van der Waals surface area contributed by atoms with E-state index in [-0.39, 0.29) is 18.4 Å². The Morgan fingerprint density at radius 3 is 2.92 bits per heavy atom. The van der Waals surface area contributed by atoms with Crippen molar-refractivity contribution in [3.05, 3.63) is 36.0 Å². The van der Waals surface area contributed by atoms with Crippen LogP contribution in [0.4, 0.5) is 0 Å². The maximum Gasteiger partial charge on any atom is 0.267 e. The Kier molecular flexibility index (Phi) is 3.84. The number of hydrogen-bond acceptors (Lipinski definition) is 6. The minimum absolute atomic E-state index is 0.0468. The Bertz CT molecular complexity index is 745. The minimum atomic E-state index is -0.606. The standard InChI is InChI=1S/C17H19N3O4/c1-11-18-16(19-24-11)12-5-4-8-20(9-12)17(21)15-10-22-13-6-2-3-7-14(13)23-15/h2-3,6-7,12,15H,4-5,8-10H2,1H3/t12-,15+/m1/s1. The molecule has 7 nitrogen and oxygen atoms in total. The fourth-order valence-corrected chi connectivity index (χ4v) is 3.21.